The van der Waals surface area contributed by atoms with Gasteiger partial charge in [-0.05, 0) is 29.2 Å². The van der Waals surface area contributed by atoms with Gasteiger partial charge in [-0.15, -0.1) is 10.2 Å². The van der Waals surface area contributed by atoms with E-state index in [1.165, 1.54) is 0 Å². The molecule has 28 heavy (non-hydrogen) atoms. The Labute approximate surface area is 159 Å². The van der Waals surface area contributed by atoms with E-state index in [-0.39, 0.29) is 30.7 Å². The van der Waals surface area contributed by atoms with Gasteiger partial charge in [-0.3, -0.25) is 4.79 Å². The fourth-order valence-corrected chi connectivity index (χ4v) is 3.64. The van der Waals surface area contributed by atoms with E-state index in [9.17, 15) is 18.0 Å². The molecule has 1 aliphatic heterocycles. The standard InChI is InChI=1S/C20H18F3N3O2/c21-20(22,23)19-25-24-18(28-19)15-8-4-10-26(12-15)17(27)11-14-7-3-6-13-5-1-2-9-16(13)14/h1-3,5-7,9,15H,4,8,10-12H2. The highest BCUT2D eigenvalue weighted by atomic mass is 19.4. The molecule has 1 atom stereocenters. The van der Waals surface area contributed by atoms with E-state index in [1.807, 2.05) is 42.5 Å². The minimum Gasteiger partial charge on any atom is -0.417 e. The molecule has 1 fully saturated rings. The Hall–Kier alpha value is -2.90. The largest absolute Gasteiger partial charge is 0.470 e. The van der Waals surface area contributed by atoms with Crippen molar-refractivity contribution in [3.63, 3.8) is 0 Å². The number of carbonyl (C=O) groups excluding carboxylic acids is 1. The lowest BCUT2D eigenvalue weighted by molar-refractivity contribution is -0.157. The Kier molecular flexibility index (Phi) is 4.78. The number of aromatic nitrogens is 2. The maximum atomic E-state index is 12.8. The first-order valence-corrected chi connectivity index (χ1v) is 9.07. The average molecular weight is 389 g/mol. The number of hydrogen-bond donors (Lipinski definition) is 0. The second-order valence-electron chi connectivity index (χ2n) is 6.94. The van der Waals surface area contributed by atoms with Crippen molar-refractivity contribution in [2.75, 3.05) is 13.1 Å². The van der Waals surface area contributed by atoms with Crippen LogP contribution in [0.3, 0.4) is 0 Å². The summed E-state index contributed by atoms with van der Waals surface area (Å²) in [7, 11) is 0. The molecular formula is C20H18F3N3O2. The first-order valence-electron chi connectivity index (χ1n) is 9.07. The number of benzene rings is 2. The fourth-order valence-electron chi connectivity index (χ4n) is 3.64. The van der Waals surface area contributed by atoms with Crippen molar-refractivity contribution >= 4 is 16.7 Å². The average Bonchev–Trinajstić information content (AvgIpc) is 3.19. The molecule has 1 amide bonds. The molecule has 1 aliphatic rings. The monoisotopic (exact) mass is 389 g/mol. The van der Waals surface area contributed by atoms with E-state index in [0.29, 0.717) is 19.4 Å². The van der Waals surface area contributed by atoms with Gasteiger partial charge in [0.1, 0.15) is 0 Å². The van der Waals surface area contributed by atoms with Crippen molar-refractivity contribution in [1.82, 2.24) is 15.1 Å². The predicted molar refractivity (Wildman–Crippen MR) is 95.5 cm³/mol. The summed E-state index contributed by atoms with van der Waals surface area (Å²) >= 11 is 0. The lowest BCUT2D eigenvalue weighted by Crippen LogP contribution is -2.40. The molecule has 1 saturated heterocycles. The molecule has 2 heterocycles. The van der Waals surface area contributed by atoms with Gasteiger partial charge >= 0.3 is 12.1 Å². The second kappa shape index (κ2) is 7.26. The summed E-state index contributed by atoms with van der Waals surface area (Å²) < 4.78 is 42.9. The number of rotatable bonds is 3. The highest BCUT2D eigenvalue weighted by Crippen LogP contribution is 2.32. The molecule has 2 aromatic carbocycles. The molecule has 0 bridgehead atoms. The molecule has 8 heteroatoms. The summed E-state index contributed by atoms with van der Waals surface area (Å²) in [6, 6.07) is 13.7. The van der Waals surface area contributed by atoms with Crippen molar-refractivity contribution in [2.24, 2.45) is 0 Å². The summed E-state index contributed by atoms with van der Waals surface area (Å²) in [5.74, 6) is -1.85. The summed E-state index contributed by atoms with van der Waals surface area (Å²) in [4.78, 5) is 14.5. The molecule has 0 aliphatic carbocycles. The van der Waals surface area contributed by atoms with E-state index >= 15 is 0 Å². The van der Waals surface area contributed by atoms with Gasteiger partial charge in [-0.1, -0.05) is 42.5 Å². The van der Waals surface area contributed by atoms with Gasteiger partial charge in [0, 0.05) is 13.1 Å². The van der Waals surface area contributed by atoms with Crippen LogP contribution in [0, 0.1) is 0 Å². The molecule has 0 spiro atoms. The van der Waals surface area contributed by atoms with Crippen LogP contribution in [-0.4, -0.2) is 34.1 Å². The van der Waals surface area contributed by atoms with Gasteiger partial charge < -0.3 is 9.32 Å². The number of nitrogens with zero attached hydrogens (tertiary/aromatic N) is 3. The third-order valence-corrected chi connectivity index (χ3v) is 5.03. The second-order valence-corrected chi connectivity index (χ2v) is 6.94. The Morgan fingerprint density at radius 1 is 1.14 bits per heavy atom. The van der Waals surface area contributed by atoms with Crippen LogP contribution in [0.1, 0.15) is 36.1 Å². The molecular weight excluding hydrogens is 371 g/mol. The van der Waals surface area contributed by atoms with Gasteiger partial charge in [0.15, 0.2) is 0 Å². The van der Waals surface area contributed by atoms with Gasteiger partial charge in [0.05, 0.1) is 12.3 Å². The summed E-state index contributed by atoms with van der Waals surface area (Å²) in [5, 5.41) is 8.73. The van der Waals surface area contributed by atoms with E-state index in [2.05, 4.69) is 10.2 Å². The van der Waals surface area contributed by atoms with Crippen LogP contribution in [-0.2, 0) is 17.4 Å². The molecule has 1 unspecified atom stereocenters. The zero-order valence-corrected chi connectivity index (χ0v) is 14.9. The van der Waals surface area contributed by atoms with Crippen LogP contribution in [0.2, 0.25) is 0 Å². The first kappa shape index (κ1) is 18.5. The number of amides is 1. The summed E-state index contributed by atoms with van der Waals surface area (Å²) in [6.07, 6.45) is -3.14. The minimum atomic E-state index is -4.66. The smallest absolute Gasteiger partial charge is 0.417 e. The van der Waals surface area contributed by atoms with Crippen molar-refractivity contribution < 1.29 is 22.4 Å². The predicted octanol–water partition coefficient (Wildman–Crippen LogP) is 4.19. The third-order valence-electron chi connectivity index (χ3n) is 5.03. The van der Waals surface area contributed by atoms with Crippen molar-refractivity contribution in [2.45, 2.75) is 31.4 Å². The summed E-state index contributed by atoms with van der Waals surface area (Å²) in [5.41, 5.74) is 0.933. The van der Waals surface area contributed by atoms with Crippen LogP contribution in [0.5, 0.6) is 0 Å². The Bertz CT molecular complexity index is 994. The number of fused-ring (bicyclic) bond motifs is 1. The molecule has 1 aromatic heterocycles. The van der Waals surface area contributed by atoms with Crippen LogP contribution in [0.15, 0.2) is 46.9 Å². The van der Waals surface area contributed by atoms with Gasteiger partial charge in [-0.25, -0.2) is 0 Å². The highest BCUT2D eigenvalue weighted by molar-refractivity contribution is 5.90. The Morgan fingerprint density at radius 3 is 2.71 bits per heavy atom. The molecule has 0 saturated carbocycles. The topological polar surface area (TPSA) is 59.2 Å². The van der Waals surface area contributed by atoms with Gasteiger partial charge in [-0.2, -0.15) is 13.2 Å². The number of hydrogen-bond acceptors (Lipinski definition) is 4. The molecule has 0 N–H and O–H groups in total. The zero-order chi connectivity index (χ0) is 19.7. The van der Waals surface area contributed by atoms with Gasteiger partial charge in [0.2, 0.25) is 11.8 Å². The molecule has 3 aromatic rings. The van der Waals surface area contributed by atoms with Crippen LogP contribution < -0.4 is 0 Å². The van der Waals surface area contributed by atoms with Crippen molar-refractivity contribution in [1.29, 1.82) is 0 Å². The Morgan fingerprint density at radius 2 is 1.93 bits per heavy atom. The lowest BCUT2D eigenvalue weighted by Gasteiger charge is -2.31. The molecule has 4 rings (SSSR count). The summed E-state index contributed by atoms with van der Waals surface area (Å²) in [6.45, 7) is 0.851. The quantitative estimate of drug-likeness (QED) is 0.674. The van der Waals surface area contributed by atoms with E-state index < -0.39 is 12.1 Å². The molecule has 146 valence electrons. The lowest BCUT2D eigenvalue weighted by atomic mass is 9.96. The number of likely N-dealkylation sites (tertiary alicyclic amines) is 1. The molecule has 0 radical (unpaired) electrons. The highest BCUT2D eigenvalue weighted by Gasteiger charge is 2.39. The third kappa shape index (κ3) is 3.72. The minimum absolute atomic E-state index is 0.0587. The number of halogens is 3. The van der Waals surface area contributed by atoms with E-state index in [1.54, 1.807) is 4.90 Å². The number of carbonyl (C=O) groups is 1. The van der Waals surface area contributed by atoms with E-state index in [4.69, 9.17) is 4.42 Å². The zero-order valence-electron chi connectivity index (χ0n) is 14.9. The van der Waals surface area contributed by atoms with Crippen molar-refractivity contribution in [3.8, 4) is 0 Å². The van der Waals surface area contributed by atoms with Crippen LogP contribution in [0.25, 0.3) is 10.8 Å². The maximum absolute atomic E-state index is 12.8. The van der Waals surface area contributed by atoms with Crippen LogP contribution >= 0.6 is 0 Å². The normalized spacial score (nSPS) is 17.8. The van der Waals surface area contributed by atoms with Crippen LogP contribution in [0.4, 0.5) is 13.2 Å². The Balaban J connectivity index is 1.48. The SMILES string of the molecule is O=C(Cc1cccc2ccccc12)N1CCCC(c2nnc(C(F)(F)F)o2)C1. The first-order chi connectivity index (χ1) is 13.4. The number of alkyl halides is 3. The maximum Gasteiger partial charge on any atom is 0.470 e. The van der Waals surface area contributed by atoms with Gasteiger partial charge in [0.25, 0.3) is 0 Å². The molecule has 5 nitrogen and oxygen atoms in total. The van der Waals surface area contributed by atoms with Crippen molar-refractivity contribution in [3.05, 3.63) is 59.8 Å². The number of piperidine rings is 1. The fraction of sp³-hybridized carbons (Fsp3) is 0.350. The van der Waals surface area contributed by atoms with E-state index in [0.717, 1.165) is 16.3 Å².